The van der Waals surface area contributed by atoms with Gasteiger partial charge in [-0.25, -0.2) is 9.97 Å². The van der Waals surface area contributed by atoms with E-state index in [4.69, 9.17) is 23.9 Å². The summed E-state index contributed by atoms with van der Waals surface area (Å²) in [5.74, 6) is 1.86. The summed E-state index contributed by atoms with van der Waals surface area (Å²) in [4.78, 5) is 20.5. The van der Waals surface area contributed by atoms with Crippen molar-refractivity contribution < 1.29 is 23.7 Å². The molecule has 9 heteroatoms. The Labute approximate surface area is 203 Å². The van der Waals surface area contributed by atoms with Gasteiger partial charge in [0.05, 0.1) is 42.9 Å². The van der Waals surface area contributed by atoms with Gasteiger partial charge in [-0.3, -0.25) is 4.79 Å². The average molecular weight is 479 g/mol. The Bertz CT molecular complexity index is 1240. The van der Waals surface area contributed by atoms with E-state index in [-0.39, 0.29) is 0 Å². The molecule has 0 aliphatic carbocycles. The molecule has 3 aliphatic rings. The lowest BCUT2D eigenvalue weighted by Gasteiger charge is -2.35. The number of carbonyl (C=O) groups excluding carboxylic acids is 1. The van der Waals surface area contributed by atoms with Crippen molar-refractivity contribution >= 4 is 23.1 Å². The highest BCUT2D eigenvalue weighted by molar-refractivity contribution is 5.97. The van der Waals surface area contributed by atoms with Crippen molar-refractivity contribution in [2.75, 3.05) is 45.0 Å². The van der Waals surface area contributed by atoms with Gasteiger partial charge in [0.25, 0.3) is 0 Å². The molecule has 1 N–H and O–H groups in total. The second kappa shape index (κ2) is 9.22. The molecule has 1 amide bonds. The molecule has 2 fully saturated rings. The first-order valence-electron chi connectivity index (χ1n) is 12.3. The SMILES string of the molecule is Cn1cc(-c2cc(OCC3CCOCC3)c3c(n2)C2(CCOC2)OCC3)c2cc(NC=O)ncc21. The number of hydrogen-bond acceptors (Lipinski definition) is 7. The second-order valence-corrected chi connectivity index (χ2v) is 9.60. The number of nitrogens with zero attached hydrogens (tertiary/aromatic N) is 3. The second-order valence-electron chi connectivity index (χ2n) is 9.60. The zero-order valence-corrected chi connectivity index (χ0v) is 19.9. The quantitative estimate of drug-likeness (QED) is 0.544. The van der Waals surface area contributed by atoms with E-state index in [1.54, 1.807) is 6.20 Å². The fraction of sp³-hybridized carbons (Fsp3) is 0.500. The van der Waals surface area contributed by atoms with Crippen LogP contribution < -0.4 is 10.1 Å². The molecule has 0 bridgehead atoms. The molecule has 3 aliphatic heterocycles. The van der Waals surface area contributed by atoms with Crippen molar-refractivity contribution in [1.82, 2.24) is 14.5 Å². The molecule has 1 unspecified atom stereocenters. The number of aromatic nitrogens is 3. The first-order chi connectivity index (χ1) is 17.2. The highest BCUT2D eigenvalue weighted by atomic mass is 16.6. The van der Waals surface area contributed by atoms with Crippen LogP contribution in [0, 0.1) is 5.92 Å². The number of aryl methyl sites for hydroxylation is 1. The lowest BCUT2D eigenvalue weighted by atomic mass is 9.89. The molecule has 0 radical (unpaired) electrons. The fourth-order valence-electron chi connectivity index (χ4n) is 5.44. The molecule has 2 saturated heterocycles. The van der Waals surface area contributed by atoms with Crippen LogP contribution in [0.3, 0.4) is 0 Å². The van der Waals surface area contributed by atoms with Crippen LogP contribution in [0.2, 0.25) is 0 Å². The topological polar surface area (TPSA) is 96.7 Å². The maximum Gasteiger partial charge on any atom is 0.212 e. The molecular weight excluding hydrogens is 448 g/mol. The van der Waals surface area contributed by atoms with Crippen molar-refractivity contribution in [3.8, 4) is 17.0 Å². The van der Waals surface area contributed by atoms with Gasteiger partial charge < -0.3 is 28.8 Å². The summed E-state index contributed by atoms with van der Waals surface area (Å²) in [6.07, 6.45) is 8.03. The zero-order valence-electron chi connectivity index (χ0n) is 19.9. The van der Waals surface area contributed by atoms with E-state index in [0.29, 0.717) is 44.6 Å². The van der Waals surface area contributed by atoms with Crippen LogP contribution >= 0.6 is 0 Å². The number of pyridine rings is 2. The summed E-state index contributed by atoms with van der Waals surface area (Å²) >= 11 is 0. The van der Waals surface area contributed by atoms with E-state index in [2.05, 4.69) is 22.6 Å². The first-order valence-corrected chi connectivity index (χ1v) is 12.3. The smallest absolute Gasteiger partial charge is 0.212 e. The molecule has 0 saturated carbocycles. The van der Waals surface area contributed by atoms with Gasteiger partial charge in [0.15, 0.2) is 0 Å². The molecule has 1 spiro atoms. The zero-order chi connectivity index (χ0) is 23.8. The maximum absolute atomic E-state index is 11.0. The van der Waals surface area contributed by atoms with Gasteiger partial charge in [-0.1, -0.05) is 0 Å². The van der Waals surface area contributed by atoms with Crippen LogP contribution in [0.5, 0.6) is 5.75 Å². The van der Waals surface area contributed by atoms with E-state index in [9.17, 15) is 4.79 Å². The number of fused-ring (bicyclic) bond motifs is 3. The molecule has 6 rings (SSSR count). The van der Waals surface area contributed by atoms with Gasteiger partial charge in [-0.05, 0) is 24.8 Å². The Kier molecular flexibility index (Phi) is 5.91. The monoisotopic (exact) mass is 478 g/mol. The van der Waals surface area contributed by atoms with Crippen LogP contribution in [0.25, 0.3) is 22.2 Å². The maximum atomic E-state index is 11.0. The van der Waals surface area contributed by atoms with Crippen molar-refractivity contribution in [1.29, 1.82) is 0 Å². The summed E-state index contributed by atoms with van der Waals surface area (Å²) < 4.78 is 26.2. The third-order valence-corrected chi connectivity index (χ3v) is 7.40. The first kappa shape index (κ1) is 22.5. The van der Waals surface area contributed by atoms with Crippen LogP contribution in [-0.4, -0.2) is 60.6 Å². The number of amides is 1. The average Bonchev–Trinajstić information content (AvgIpc) is 3.48. The highest BCUT2D eigenvalue weighted by Crippen LogP contribution is 2.44. The Balaban J connectivity index is 1.47. The van der Waals surface area contributed by atoms with Crippen LogP contribution in [0.15, 0.2) is 24.5 Å². The molecular formula is C26H30N4O5. The predicted octanol–water partition coefficient (Wildman–Crippen LogP) is 3.20. The molecule has 184 valence electrons. The van der Waals surface area contributed by atoms with E-state index < -0.39 is 5.60 Å². The number of rotatable bonds is 6. The number of nitrogens with one attached hydrogen (secondary N) is 1. The molecule has 9 nitrogen and oxygen atoms in total. The molecule has 0 aromatic carbocycles. The molecule has 6 heterocycles. The Hall–Kier alpha value is -3.01. The van der Waals surface area contributed by atoms with E-state index >= 15 is 0 Å². The standard InChI is InChI=1S/C26H30N4O5/c1-30-13-20(19-10-24(28-16-31)27-12-22(19)30)21-11-23(34-14-17-2-6-32-7-3-17)18-4-8-35-26(25(18)29-21)5-9-33-15-26/h10-13,16-17H,2-9,14-15H2,1H3,(H,27,28,31). The van der Waals surface area contributed by atoms with E-state index in [0.717, 1.165) is 78.1 Å². The summed E-state index contributed by atoms with van der Waals surface area (Å²) in [6.45, 7) is 4.04. The minimum absolute atomic E-state index is 0.486. The molecule has 3 aromatic rings. The molecule has 3 aromatic heterocycles. The van der Waals surface area contributed by atoms with Crippen molar-refractivity contribution in [2.24, 2.45) is 13.0 Å². The van der Waals surface area contributed by atoms with E-state index in [1.807, 2.05) is 17.7 Å². The largest absolute Gasteiger partial charge is 0.493 e. The van der Waals surface area contributed by atoms with Crippen molar-refractivity contribution in [3.05, 3.63) is 35.8 Å². The van der Waals surface area contributed by atoms with Crippen LogP contribution in [0.1, 0.15) is 30.5 Å². The van der Waals surface area contributed by atoms with Gasteiger partial charge >= 0.3 is 0 Å². The predicted molar refractivity (Wildman–Crippen MR) is 129 cm³/mol. The third-order valence-electron chi connectivity index (χ3n) is 7.40. The van der Waals surface area contributed by atoms with Crippen LogP contribution in [-0.2, 0) is 38.1 Å². The number of carbonyl (C=O) groups is 1. The summed E-state index contributed by atoms with van der Waals surface area (Å²) in [7, 11) is 1.98. The lowest BCUT2D eigenvalue weighted by Crippen LogP contribution is -2.37. The minimum atomic E-state index is -0.531. The Morgan fingerprint density at radius 3 is 2.91 bits per heavy atom. The summed E-state index contributed by atoms with van der Waals surface area (Å²) in [6, 6.07) is 3.95. The third kappa shape index (κ3) is 4.07. The summed E-state index contributed by atoms with van der Waals surface area (Å²) in [5.41, 5.74) is 4.25. The van der Waals surface area contributed by atoms with Crippen molar-refractivity contribution in [2.45, 2.75) is 31.3 Å². The van der Waals surface area contributed by atoms with Gasteiger partial charge in [0, 0.05) is 68.5 Å². The normalized spacial score (nSPS) is 22.4. The number of ether oxygens (including phenoxy) is 4. The van der Waals surface area contributed by atoms with Crippen LogP contribution in [0.4, 0.5) is 5.82 Å². The van der Waals surface area contributed by atoms with E-state index in [1.165, 1.54) is 0 Å². The molecule has 35 heavy (non-hydrogen) atoms. The number of hydrogen-bond donors (Lipinski definition) is 1. The Morgan fingerprint density at radius 2 is 2.11 bits per heavy atom. The minimum Gasteiger partial charge on any atom is -0.493 e. The molecule has 1 atom stereocenters. The van der Waals surface area contributed by atoms with Gasteiger partial charge in [-0.2, -0.15) is 0 Å². The van der Waals surface area contributed by atoms with Gasteiger partial charge in [0.1, 0.15) is 17.2 Å². The lowest BCUT2D eigenvalue weighted by molar-refractivity contribution is -0.105. The fourth-order valence-corrected chi connectivity index (χ4v) is 5.44. The van der Waals surface area contributed by atoms with Crippen molar-refractivity contribution in [3.63, 3.8) is 0 Å². The van der Waals surface area contributed by atoms with Gasteiger partial charge in [0.2, 0.25) is 6.41 Å². The summed E-state index contributed by atoms with van der Waals surface area (Å²) in [5, 5.41) is 3.61. The highest BCUT2D eigenvalue weighted by Gasteiger charge is 2.44. The Morgan fingerprint density at radius 1 is 1.23 bits per heavy atom. The number of anilines is 1. The van der Waals surface area contributed by atoms with Gasteiger partial charge in [-0.15, -0.1) is 0 Å².